The molecule has 0 bridgehead atoms. The summed E-state index contributed by atoms with van der Waals surface area (Å²) in [7, 11) is 0. The van der Waals surface area contributed by atoms with Crippen LogP contribution < -0.4 is 5.32 Å². The Morgan fingerprint density at radius 1 is 0.943 bits per heavy atom. The molecule has 0 aromatic rings. The second-order valence-electron chi connectivity index (χ2n) is 10.8. The van der Waals surface area contributed by atoms with Crippen molar-refractivity contribution in [3.05, 3.63) is 0 Å². The fraction of sp³-hybridized carbons (Fsp3) is 0.897. The molecule has 0 saturated carbocycles. The molecule has 1 N–H and O–H groups in total. The predicted octanol–water partition coefficient (Wildman–Crippen LogP) is 6.88. The van der Waals surface area contributed by atoms with Crippen LogP contribution in [0.5, 0.6) is 0 Å². The zero-order chi connectivity index (χ0) is 25.9. The van der Waals surface area contributed by atoms with Gasteiger partial charge in [0.05, 0.1) is 5.92 Å². The summed E-state index contributed by atoms with van der Waals surface area (Å²) in [5.41, 5.74) is 0. The summed E-state index contributed by atoms with van der Waals surface area (Å²) in [6, 6.07) is -0.632. The molecular weight excluding hydrogens is 442 g/mol. The van der Waals surface area contributed by atoms with Crippen LogP contribution >= 0.6 is 0 Å². The molecule has 6 heteroatoms. The van der Waals surface area contributed by atoms with Gasteiger partial charge in [0.1, 0.15) is 18.2 Å². The maximum atomic E-state index is 12.9. The highest BCUT2D eigenvalue weighted by Gasteiger charge is 2.43. The fourth-order valence-corrected chi connectivity index (χ4v) is 4.90. The fourth-order valence-electron chi connectivity index (χ4n) is 4.90. The molecule has 0 radical (unpaired) electrons. The number of ether oxygens (including phenoxy) is 2. The van der Waals surface area contributed by atoms with Gasteiger partial charge in [-0.25, -0.2) is 4.79 Å². The maximum absolute atomic E-state index is 12.9. The quantitative estimate of drug-likeness (QED) is 0.0949. The van der Waals surface area contributed by atoms with Crippen molar-refractivity contribution in [3.63, 3.8) is 0 Å². The van der Waals surface area contributed by atoms with Gasteiger partial charge in [0, 0.05) is 6.42 Å². The number of carbonyl (C=O) groups is 3. The Labute approximate surface area is 214 Å². The van der Waals surface area contributed by atoms with Crippen molar-refractivity contribution in [2.45, 2.75) is 155 Å². The lowest BCUT2D eigenvalue weighted by atomic mass is 9.86. The average Bonchev–Trinajstić information content (AvgIpc) is 2.81. The largest absolute Gasteiger partial charge is 0.461 e. The smallest absolute Gasteiger partial charge is 0.328 e. The van der Waals surface area contributed by atoms with Crippen molar-refractivity contribution in [1.29, 1.82) is 0 Å². The molecule has 1 aliphatic heterocycles. The van der Waals surface area contributed by atoms with E-state index < -0.39 is 6.04 Å². The molecule has 0 aromatic carbocycles. The molecule has 1 aliphatic rings. The van der Waals surface area contributed by atoms with E-state index in [0.29, 0.717) is 19.3 Å². The number of esters is 2. The Bertz CT molecular complexity index is 579. The number of cyclic esters (lactones) is 1. The van der Waals surface area contributed by atoms with Gasteiger partial charge in [-0.15, -0.1) is 0 Å². The Kier molecular flexibility index (Phi) is 17.6. The normalized spacial score (nSPS) is 19.1. The maximum Gasteiger partial charge on any atom is 0.328 e. The van der Waals surface area contributed by atoms with Crippen LogP contribution in [0.1, 0.15) is 137 Å². The van der Waals surface area contributed by atoms with Crippen LogP contribution in [-0.2, 0) is 23.9 Å². The van der Waals surface area contributed by atoms with Crippen LogP contribution in [0.4, 0.5) is 0 Å². The van der Waals surface area contributed by atoms with E-state index in [1.165, 1.54) is 57.8 Å². The van der Waals surface area contributed by atoms with Gasteiger partial charge in [-0.05, 0) is 31.6 Å². The van der Waals surface area contributed by atoms with E-state index in [4.69, 9.17) is 9.47 Å². The lowest BCUT2D eigenvalue weighted by molar-refractivity contribution is -0.190. The van der Waals surface area contributed by atoms with E-state index >= 15 is 0 Å². The third-order valence-electron chi connectivity index (χ3n) is 7.06. The third-order valence-corrected chi connectivity index (χ3v) is 7.06. The van der Waals surface area contributed by atoms with Gasteiger partial charge in [0.25, 0.3) is 0 Å². The van der Waals surface area contributed by atoms with Crippen LogP contribution in [0.15, 0.2) is 0 Å². The van der Waals surface area contributed by atoms with Crippen LogP contribution in [0.2, 0.25) is 0 Å². The Morgan fingerprint density at radius 2 is 1.51 bits per heavy atom. The molecule has 0 spiro atoms. The van der Waals surface area contributed by atoms with E-state index in [9.17, 15) is 14.4 Å². The highest BCUT2D eigenvalue weighted by atomic mass is 16.6. The molecule has 0 aliphatic carbocycles. The SMILES string of the molecule is CCCCCCCCCCCC(C[C@@H]1OC(=O)[C@@H]1CCCCCC)OC(=O)[C@H](CC(C)C)NC=O. The Morgan fingerprint density at radius 3 is 2.06 bits per heavy atom. The lowest BCUT2D eigenvalue weighted by Crippen LogP contribution is -2.48. The molecule has 1 fully saturated rings. The van der Waals surface area contributed by atoms with Crippen LogP contribution in [0.3, 0.4) is 0 Å². The molecule has 4 atom stereocenters. The van der Waals surface area contributed by atoms with E-state index in [0.717, 1.165) is 38.5 Å². The predicted molar refractivity (Wildman–Crippen MR) is 141 cm³/mol. The minimum Gasteiger partial charge on any atom is -0.461 e. The summed E-state index contributed by atoms with van der Waals surface area (Å²) in [4.78, 5) is 36.0. The highest BCUT2D eigenvalue weighted by Crippen LogP contribution is 2.32. The molecule has 35 heavy (non-hydrogen) atoms. The van der Waals surface area contributed by atoms with Crippen molar-refractivity contribution in [2.75, 3.05) is 0 Å². The molecule has 1 saturated heterocycles. The number of hydrogen-bond donors (Lipinski definition) is 1. The monoisotopic (exact) mass is 495 g/mol. The topological polar surface area (TPSA) is 81.7 Å². The molecule has 1 rings (SSSR count). The van der Waals surface area contributed by atoms with Gasteiger partial charge in [-0.2, -0.15) is 0 Å². The summed E-state index contributed by atoms with van der Waals surface area (Å²) in [5, 5.41) is 2.62. The van der Waals surface area contributed by atoms with Crippen LogP contribution in [0.25, 0.3) is 0 Å². The molecule has 204 valence electrons. The first-order valence-corrected chi connectivity index (χ1v) is 14.5. The molecule has 1 heterocycles. The zero-order valence-electron chi connectivity index (χ0n) is 23.0. The summed E-state index contributed by atoms with van der Waals surface area (Å²) >= 11 is 0. The number of amides is 1. The van der Waals surface area contributed by atoms with Crippen molar-refractivity contribution >= 4 is 18.3 Å². The molecule has 1 unspecified atom stereocenters. The van der Waals surface area contributed by atoms with E-state index in [1.807, 2.05) is 13.8 Å². The van der Waals surface area contributed by atoms with Gasteiger partial charge >= 0.3 is 11.9 Å². The van der Waals surface area contributed by atoms with Crippen LogP contribution in [0, 0.1) is 11.8 Å². The van der Waals surface area contributed by atoms with Gasteiger partial charge in [-0.1, -0.05) is 105 Å². The van der Waals surface area contributed by atoms with E-state index in [1.54, 1.807) is 0 Å². The number of rotatable bonds is 23. The molecule has 0 aromatic heterocycles. The number of nitrogens with one attached hydrogen (secondary N) is 1. The third kappa shape index (κ3) is 13.9. The molecule has 1 amide bonds. The van der Waals surface area contributed by atoms with Crippen LogP contribution in [-0.4, -0.2) is 36.6 Å². The molecular formula is C29H53NO5. The van der Waals surface area contributed by atoms with Gasteiger partial charge in [0.2, 0.25) is 6.41 Å². The minimum atomic E-state index is -0.632. The number of unbranched alkanes of at least 4 members (excludes halogenated alkanes) is 11. The van der Waals surface area contributed by atoms with Gasteiger partial charge < -0.3 is 14.8 Å². The summed E-state index contributed by atoms with van der Waals surface area (Å²) in [6.07, 6.45) is 18.5. The highest BCUT2D eigenvalue weighted by molar-refractivity contribution is 5.79. The molecule has 6 nitrogen and oxygen atoms in total. The van der Waals surface area contributed by atoms with E-state index in [-0.39, 0.29) is 36.0 Å². The number of carbonyl (C=O) groups excluding carboxylic acids is 3. The minimum absolute atomic E-state index is 0.0734. The summed E-state index contributed by atoms with van der Waals surface area (Å²) in [5.74, 6) is -0.302. The second-order valence-corrected chi connectivity index (χ2v) is 10.8. The average molecular weight is 496 g/mol. The van der Waals surface area contributed by atoms with Crippen molar-refractivity contribution in [1.82, 2.24) is 5.32 Å². The van der Waals surface area contributed by atoms with Gasteiger partial charge in [-0.3, -0.25) is 9.59 Å². The van der Waals surface area contributed by atoms with Crippen molar-refractivity contribution in [3.8, 4) is 0 Å². The summed E-state index contributed by atoms with van der Waals surface area (Å²) in [6.45, 7) is 8.45. The standard InChI is InChI=1S/C29H53NO5/c1-5-7-9-11-12-13-14-15-16-18-24(34-29(33)26(30-22-31)20-23(3)4)21-27-25(28(32)35-27)19-17-10-8-6-2/h22-27H,5-21H2,1-4H3,(H,30,31)/t24?,25-,26+,27+/m1/s1. The van der Waals surface area contributed by atoms with Crippen molar-refractivity contribution in [2.24, 2.45) is 11.8 Å². The Hall–Kier alpha value is -1.59. The first-order chi connectivity index (χ1) is 16.9. The first-order valence-electron chi connectivity index (χ1n) is 14.5. The summed E-state index contributed by atoms with van der Waals surface area (Å²) < 4.78 is 11.4. The first kappa shape index (κ1) is 31.4. The number of hydrogen-bond acceptors (Lipinski definition) is 5. The lowest BCUT2D eigenvalue weighted by Gasteiger charge is -2.37. The van der Waals surface area contributed by atoms with Crippen molar-refractivity contribution < 1.29 is 23.9 Å². The Balaban J connectivity index is 2.58. The zero-order valence-corrected chi connectivity index (χ0v) is 23.0. The van der Waals surface area contributed by atoms with E-state index in [2.05, 4.69) is 19.2 Å². The second kappa shape index (κ2) is 19.6. The van der Waals surface area contributed by atoms with Gasteiger partial charge in [0.15, 0.2) is 0 Å².